The zero-order chi connectivity index (χ0) is 18.4. The number of para-hydroxylation sites is 1. The molecular weight excluding hydrogens is 355 g/mol. The number of hydrogen-bond donors (Lipinski definition) is 2. The average Bonchev–Trinajstić information content (AvgIpc) is 2.65. The maximum Gasteiger partial charge on any atom is 0.243 e. The molecule has 0 unspecified atom stereocenters. The van der Waals surface area contributed by atoms with Gasteiger partial charge in [-0.3, -0.25) is 4.79 Å². The van der Waals surface area contributed by atoms with Crippen molar-refractivity contribution in [2.24, 2.45) is 0 Å². The number of rotatable bonds is 6. The van der Waals surface area contributed by atoms with E-state index in [1.807, 2.05) is 54.6 Å². The highest BCUT2D eigenvalue weighted by atomic mass is 35.5. The fraction of sp³-hybridized carbons (Fsp3) is 0.0500. The average molecular weight is 371 g/mol. The first-order valence-electron chi connectivity index (χ1n) is 7.92. The molecule has 0 fully saturated rings. The number of carbonyl (C=O) groups is 1. The molecule has 0 aliphatic rings. The maximum atomic E-state index is 13.1. The lowest BCUT2D eigenvalue weighted by Gasteiger charge is -2.10. The van der Waals surface area contributed by atoms with E-state index in [0.717, 1.165) is 11.4 Å². The highest BCUT2D eigenvalue weighted by Gasteiger charge is 2.05. The van der Waals surface area contributed by atoms with Crippen LogP contribution in [0.4, 0.5) is 15.8 Å². The van der Waals surface area contributed by atoms with Crippen molar-refractivity contribution >= 4 is 28.9 Å². The first-order valence-corrected chi connectivity index (χ1v) is 8.30. The molecule has 3 aromatic rings. The molecule has 26 heavy (non-hydrogen) atoms. The quantitative estimate of drug-likeness (QED) is 0.617. The van der Waals surface area contributed by atoms with Gasteiger partial charge in [-0.15, -0.1) is 0 Å². The lowest BCUT2D eigenvalue weighted by atomic mass is 10.3. The Morgan fingerprint density at radius 1 is 0.923 bits per heavy atom. The number of amides is 1. The minimum Gasteiger partial charge on any atom is -0.457 e. The lowest BCUT2D eigenvalue weighted by molar-refractivity contribution is -0.114. The van der Waals surface area contributed by atoms with E-state index in [0.29, 0.717) is 11.4 Å². The number of carbonyl (C=O) groups excluding carboxylic acids is 1. The van der Waals surface area contributed by atoms with Crippen molar-refractivity contribution in [3.8, 4) is 11.5 Å². The molecule has 0 saturated heterocycles. The van der Waals surface area contributed by atoms with E-state index in [2.05, 4.69) is 10.6 Å². The molecule has 0 aliphatic heterocycles. The van der Waals surface area contributed by atoms with Gasteiger partial charge in [0.05, 0.1) is 11.6 Å². The summed E-state index contributed by atoms with van der Waals surface area (Å²) in [4.78, 5) is 12.0. The molecule has 6 heteroatoms. The Hall–Kier alpha value is -3.05. The van der Waals surface area contributed by atoms with Gasteiger partial charge in [0.15, 0.2) is 0 Å². The summed E-state index contributed by atoms with van der Waals surface area (Å²) in [5, 5.41) is 5.62. The number of halogens is 2. The SMILES string of the molecule is O=C(CNc1ccc(Oc2ccccc2)cc1)Nc1ccc(F)c(Cl)c1. The highest BCUT2D eigenvalue weighted by Crippen LogP contribution is 2.23. The Morgan fingerprint density at radius 3 is 2.27 bits per heavy atom. The van der Waals surface area contributed by atoms with Gasteiger partial charge in [-0.2, -0.15) is 0 Å². The van der Waals surface area contributed by atoms with Crippen molar-refractivity contribution in [1.29, 1.82) is 0 Å². The molecule has 1 amide bonds. The minimum absolute atomic E-state index is 0.0373. The Balaban J connectivity index is 1.51. The summed E-state index contributed by atoms with van der Waals surface area (Å²) in [6, 6.07) is 20.8. The molecule has 0 atom stereocenters. The maximum absolute atomic E-state index is 13.1. The molecule has 0 radical (unpaired) electrons. The predicted molar refractivity (Wildman–Crippen MR) is 101 cm³/mol. The summed E-state index contributed by atoms with van der Waals surface area (Å²) in [7, 11) is 0. The summed E-state index contributed by atoms with van der Waals surface area (Å²) in [5.41, 5.74) is 1.22. The van der Waals surface area contributed by atoms with Gasteiger partial charge in [-0.25, -0.2) is 4.39 Å². The fourth-order valence-corrected chi connectivity index (χ4v) is 2.41. The Bertz CT molecular complexity index is 886. The van der Waals surface area contributed by atoms with Crippen molar-refractivity contribution in [3.63, 3.8) is 0 Å². The van der Waals surface area contributed by atoms with Crippen LogP contribution in [-0.2, 0) is 4.79 Å². The first kappa shape index (κ1) is 17.8. The second kappa shape index (κ2) is 8.36. The number of benzene rings is 3. The Morgan fingerprint density at radius 2 is 1.58 bits per heavy atom. The van der Waals surface area contributed by atoms with Crippen molar-refractivity contribution in [1.82, 2.24) is 0 Å². The molecule has 2 N–H and O–H groups in total. The predicted octanol–water partition coefficient (Wildman–Crippen LogP) is 5.32. The second-order valence-corrected chi connectivity index (χ2v) is 5.88. The lowest BCUT2D eigenvalue weighted by Crippen LogP contribution is -2.21. The second-order valence-electron chi connectivity index (χ2n) is 5.47. The topological polar surface area (TPSA) is 50.4 Å². The van der Waals surface area contributed by atoms with Crippen LogP contribution in [0.1, 0.15) is 0 Å². The molecular formula is C20H16ClFN2O2. The van der Waals surface area contributed by atoms with Crippen LogP contribution in [-0.4, -0.2) is 12.5 Å². The van der Waals surface area contributed by atoms with E-state index < -0.39 is 5.82 Å². The van der Waals surface area contributed by atoms with Crippen molar-refractivity contribution < 1.29 is 13.9 Å². The summed E-state index contributed by atoms with van der Waals surface area (Å²) < 4.78 is 18.8. The van der Waals surface area contributed by atoms with Gasteiger partial charge in [0.2, 0.25) is 5.91 Å². The van der Waals surface area contributed by atoms with Crippen molar-refractivity contribution in [2.75, 3.05) is 17.2 Å². The van der Waals surface area contributed by atoms with Crippen molar-refractivity contribution in [2.45, 2.75) is 0 Å². The summed E-state index contributed by atoms with van der Waals surface area (Å²) >= 11 is 5.69. The molecule has 4 nitrogen and oxygen atoms in total. The Labute approximate surface area is 155 Å². The zero-order valence-corrected chi connectivity index (χ0v) is 14.5. The van der Waals surface area contributed by atoms with Crippen molar-refractivity contribution in [3.05, 3.63) is 83.6 Å². The summed E-state index contributed by atoms with van der Waals surface area (Å²) in [5.74, 6) is 0.663. The molecule has 132 valence electrons. The number of anilines is 2. The van der Waals surface area contributed by atoms with Crippen LogP contribution in [0.2, 0.25) is 5.02 Å². The zero-order valence-electron chi connectivity index (χ0n) is 13.7. The van der Waals surface area contributed by atoms with E-state index >= 15 is 0 Å². The molecule has 0 aromatic heterocycles. The van der Waals surface area contributed by atoms with Crippen LogP contribution >= 0.6 is 11.6 Å². The summed E-state index contributed by atoms with van der Waals surface area (Å²) in [6.45, 7) is 0.0634. The minimum atomic E-state index is -0.527. The van der Waals surface area contributed by atoms with E-state index in [9.17, 15) is 9.18 Å². The van der Waals surface area contributed by atoms with Gasteiger partial charge in [-0.05, 0) is 54.6 Å². The van der Waals surface area contributed by atoms with Gasteiger partial charge in [0.25, 0.3) is 0 Å². The monoisotopic (exact) mass is 370 g/mol. The van der Waals surface area contributed by atoms with Gasteiger partial charge >= 0.3 is 0 Å². The van der Waals surface area contributed by atoms with Gasteiger partial charge < -0.3 is 15.4 Å². The third kappa shape index (κ3) is 4.97. The van der Waals surface area contributed by atoms with E-state index in [-0.39, 0.29) is 17.5 Å². The van der Waals surface area contributed by atoms with E-state index in [1.54, 1.807) is 0 Å². The number of ether oxygens (including phenoxy) is 1. The molecule has 3 rings (SSSR count). The molecule has 0 bridgehead atoms. The Kier molecular flexibility index (Phi) is 5.71. The smallest absolute Gasteiger partial charge is 0.243 e. The van der Waals surface area contributed by atoms with Gasteiger partial charge in [-0.1, -0.05) is 29.8 Å². The molecule has 3 aromatic carbocycles. The number of nitrogens with one attached hydrogen (secondary N) is 2. The standard InChI is InChI=1S/C20H16ClFN2O2/c21-18-12-15(8-11-19(18)22)24-20(25)13-23-14-6-9-17(10-7-14)26-16-4-2-1-3-5-16/h1-12,23H,13H2,(H,24,25). The van der Waals surface area contributed by atoms with Crippen LogP contribution in [0.15, 0.2) is 72.8 Å². The fourth-order valence-electron chi connectivity index (χ4n) is 2.23. The van der Waals surface area contributed by atoms with E-state index in [4.69, 9.17) is 16.3 Å². The third-order valence-electron chi connectivity index (χ3n) is 3.49. The van der Waals surface area contributed by atoms with Crippen LogP contribution in [0.3, 0.4) is 0 Å². The number of hydrogen-bond acceptors (Lipinski definition) is 3. The first-order chi connectivity index (χ1) is 12.6. The molecule has 0 spiro atoms. The highest BCUT2D eigenvalue weighted by molar-refractivity contribution is 6.31. The summed E-state index contributed by atoms with van der Waals surface area (Å²) in [6.07, 6.45) is 0. The van der Waals surface area contributed by atoms with Gasteiger partial charge in [0, 0.05) is 11.4 Å². The van der Waals surface area contributed by atoms with Crippen LogP contribution in [0.5, 0.6) is 11.5 Å². The van der Waals surface area contributed by atoms with Gasteiger partial charge in [0.1, 0.15) is 17.3 Å². The molecule has 0 saturated carbocycles. The largest absolute Gasteiger partial charge is 0.457 e. The van der Waals surface area contributed by atoms with Crippen LogP contribution in [0, 0.1) is 5.82 Å². The third-order valence-corrected chi connectivity index (χ3v) is 3.78. The van der Waals surface area contributed by atoms with Crippen LogP contribution < -0.4 is 15.4 Å². The molecule has 0 aliphatic carbocycles. The van der Waals surface area contributed by atoms with Crippen LogP contribution in [0.25, 0.3) is 0 Å². The van der Waals surface area contributed by atoms with E-state index in [1.165, 1.54) is 18.2 Å². The normalized spacial score (nSPS) is 10.2. The molecule has 0 heterocycles.